The average molecular weight is 388 g/mol. The van der Waals surface area contributed by atoms with Crippen LogP contribution in [0.4, 0.5) is 0 Å². The van der Waals surface area contributed by atoms with Crippen LogP contribution in [0.15, 0.2) is 24.3 Å². The second-order valence-corrected chi connectivity index (χ2v) is 6.80. The van der Waals surface area contributed by atoms with E-state index in [9.17, 15) is 9.59 Å². The second kappa shape index (κ2) is 8.41. The van der Waals surface area contributed by atoms with Gasteiger partial charge in [-0.05, 0) is 31.2 Å². The Morgan fingerprint density at radius 2 is 2.04 bits per heavy atom. The summed E-state index contributed by atoms with van der Waals surface area (Å²) in [6.07, 6.45) is 0. The largest absolute Gasteiger partial charge is 0.481 e. The minimum Gasteiger partial charge on any atom is -0.481 e. The molecule has 2 N–H and O–H groups in total. The van der Waals surface area contributed by atoms with Crippen molar-refractivity contribution in [3.05, 3.63) is 45.7 Å². The molecule has 0 saturated heterocycles. The van der Waals surface area contributed by atoms with Crippen LogP contribution in [-0.2, 0) is 4.79 Å². The molecule has 0 fully saturated rings. The highest BCUT2D eigenvalue weighted by Crippen LogP contribution is 2.25. The average Bonchev–Trinajstić information content (AvgIpc) is 2.91. The van der Waals surface area contributed by atoms with Crippen LogP contribution >= 0.6 is 35.0 Å². The molecule has 1 heterocycles. The summed E-state index contributed by atoms with van der Waals surface area (Å²) in [4.78, 5) is 22.5. The van der Waals surface area contributed by atoms with Crippen molar-refractivity contribution >= 4 is 46.8 Å². The van der Waals surface area contributed by atoms with E-state index in [1.807, 2.05) is 6.92 Å². The van der Waals surface area contributed by atoms with Gasteiger partial charge in [0.25, 0.3) is 5.91 Å². The number of aromatic nitrogens is 2. The lowest BCUT2D eigenvalue weighted by molar-refractivity contribution is -0.133. The lowest BCUT2D eigenvalue weighted by atomic mass is 10.3. The fraction of sp³-hybridized carbons (Fsp3) is 0.267. The minimum atomic E-state index is -0.873. The number of thioether (sulfide) groups is 1. The first kappa shape index (κ1) is 18.6. The van der Waals surface area contributed by atoms with Crippen molar-refractivity contribution < 1.29 is 14.7 Å². The summed E-state index contributed by atoms with van der Waals surface area (Å²) >= 11 is 13.2. The van der Waals surface area contributed by atoms with Crippen molar-refractivity contribution in [2.24, 2.45) is 0 Å². The SMILES string of the molecule is Cc1cc(C(=O)NCCSCC(=O)O)nn1-c1ccc(Cl)c(Cl)c1. The quantitative estimate of drug-likeness (QED) is 0.713. The highest BCUT2D eigenvalue weighted by molar-refractivity contribution is 7.99. The molecular formula is C15H15Cl2N3O3S. The molecule has 0 aliphatic carbocycles. The Kier molecular flexibility index (Phi) is 6.53. The third kappa shape index (κ3) is 4.90. The first-order valence-electron chi connectivity index (χ1n) is 6.98. The van der Waals surface area contributed by atoms with Gasteiger partial charge < -0.3 is 10.4 Å². The topological polar surface area (TPSA) is 84.2 Å². The molecule has 0 aliphatic rings. The zero-order valence-electron chi connectivity index (χ0n) is 12.8. The molecule has 9 heteroatoms. The number of hydrogen-bond donors (Lipinski definition) is 2. The Morgan fingerprint density at radius 3 is 2.71 bits per heavy atom. The highest BCUT2D eigenvalue weighted by atomic mass is 35.5. The highest BCUT2D eigenvalue weighted by Gasteiger charge is 2.13. The third-order valence-electron chi connectivity index (χ3n) is 3.03. The van der Waals surface area contributed by atoms with Crippen LogP contribution in [-0.4, -0.2) is 44.8 Å². The second-order valence-electron chi connectivity index (χ2n) is 4.88. The van der Waals surface area contributed by atoms with Gasteiger partial charge in [-0.1, -0.05) is 23.2 Å². The van der Waals surface area contributed by atoms with Gasteiger partial charge in [-0.3, -0.25) is 9.59 Å². The van der Waals surface area contributed by atoms with E-state index in [0.717, 1.165) is 5.69 Å². The van der Waals surface area contributed by atoms with Gasteiger partial charge in [0.2, 0.25) is 0 Å². The predicted octanol–water partition coefficient (Wildman–Crippen LogP) is 3.04. The van der Waals surface area contributed by atoms with E-state index in [4.69, 9.17) is 28.3 Å². The molecule has 6 nitrogen and oxygen atoms in total. The summed E-state index contributed by atoms with van der Waals surface area (Å²) in [5, 5.41) is 16.4. The smallest absolute Gasteiger partial charge is 0.313 e. The fourth-order valence-electron chi connectivity index (χ4n) is 1.95. The molecule has 24 heavy (non-hydrogen) atoms. The van der Waals surface area contributed by atoms with Crippen LogP contribution in [0.2, 0.25) is 10.0 Å². The number of nitrogens with one attached hydrogen (secondary N) is 1. The zero-order chi connectivity index (χ0) is 17.7. The molecule has 1 aromatic carbocycles. The number of carboxylic acids is 1. The number of carbonyl (C=O) groups is 2. The number of hydrogen-bond acceptors (Lipinski definition) is 4. The molecule has 128 valence electrons. The normalized spacial score (nSPS) is 10.6. The molecule has 0 unspecified atom stereocenters. The van der Waals surface area contributed by atoms with Gasteiger partial charge >= 0.3 is 5.97 Å². The molecule has 1 amide bonds. The predicted molar refractivity (Wildman–Crippen MR) is 95.6 cm³/mol. The van der Waals surface area contributed by atoms with Gasteiger partial charge in [0.05, 0.1) is 21.5 Å². The molecule has 0 aliphatic heterocycles. The molecule has 0 bridgehead atoms. The monoisotopic (exact) mass is 387 g/mol. The van der Waals surface area contributed by atoms with Crippen molar-refractivity contribution in [1.29, 1.82) is 0 Å². The Hall–Kier alpha value is -1.70. The lowest BCUT2D eigenvalue weighted by Gasteiger charge is -2.05. The molecule has 0 spiro atoms. The van der Waals surface area contributed by atoms with Gasteiger partial charge in [-0.15, -0.1) is 11.8 Å². The van der Waals surface area contributed by atoms with E-state index in [1.54, 1.807) is 28.9 Å². The number of halogens is 2. The summed E-state index contributed by atoms with van der Waals surface area (Å²) < 4.78 is 1.61. The van der Waals surface area contributed by atoms with Gasteiger partial charge in [0.15, 0.2) is 5.69 Å². The van der Waals surface area contributed by atoms with Crippen LogP contribution in [0.5, 0.6) is 0 Å². The molecule has 0 atom stereocenters. The fourth-order valence-corrected chi connectivity index (χ4v) is 2.81. The molecule has 1 aromatic heterocycles. The summed E-state index contributed by atoms with van der Waals surface area (Å²) in [6, 6.07) is 6.77. The number of rotatable bonds is 7. The molecule has 0 radical (unpaired) electrons. The Labute approximate surface area is 153 Å². The lowest BCUT2D eigenvalue weighted by Crippen LogP contribution is -2.26. The number of carbonyl (C=O) groups excluding carboxylic acids is 1. The van der Waals surface area contributed by atoms with Gasteiger partial charge in [-0.25, -0.2) is 4.68 Å². The maximum atomic E-state index is 12.1. The van der Waals surface area contributed by atoms with Gasteiger partial charge in [0, 0.05) is 18.0 Å². The third-order valence-corrected chi connectivity index (χ3v) is 4.71. The Balaban J connectivity index is 2.01. The standard InChI is InChI=1S/C15H15Cl2N3O3S/c1-9-6-13(15(23)18-4-5-24-8-14(21)22)19-20(9)10-2-3-11(16)12(17)7-10/h2-3,6-7H,4-5,8H2,1H3,(H,18,23)(H,21,22). The number of amides is 1. The first-order valence-corrected chi connectivity index (χ1v) is 8.89. The maximum absolute atomic E-state index is 12.1. The van der Waals surface area contributed by atoms with Crippen molar-refractivity contribution in [1.82, 2.24) is 15.1 Å². The number of aryl methyl sites for hydroxylation is 1. The molecule has 2 rings (SSSR count). The van der Waals surface area contributed by atoms with E-state index in [1.165, 1.54) is 11.8 Å². The molecule has 2 aromatic rings. The zero-order valence-corrected chi connectivity index (χ0v) is 15.1. The van der Waals surface area contributed by atoms with Crippen LogP contribution < -0.4 is 5.32 Å². The van der Waals surface area contributed by atoms with E-state index < -0.39 is 5.97 Å². The summed E-state index contributed by atoms with van der Waals surface area (Å²) in [6.45, 7) is 2.20. The number of carboxylic acid groups (broad SMARTS) is 1. The van der Waals surface area contributed by atoms with Crippen molar-refractivity contribution in [2.45, 2.75) is 6.92 Å². The van der Waals surface area contributed by atoms with Crippen LogP contribution in [0.3, 0.4) is 0 Å². The van der Waals surface area contributed by atoms with E-state index in [0.29, 0.717) is 28.0 Å². The van der Waals surface area contributed by atoms with Gasteiger partial charge in [-0.2, -0.15) is 5.10 Å². The van der Waals surface area contributed by atoms with Crippen molar-refractivity contribution in [3.63, 3.8) is 0 Å². The van der Waals surface area contributed by atoms with E-state index in [2.05, 4.69) is 10.4 Å². The van der Waals surface area contributed by atoms with Crippen LogP contribution in [0.25, 0.3) is 5.69 Å². The Morgan fingerprint density at radius 1 is 1.29 bits per heavy atom. The van der Waals surface area contributed by atoms with Crippen LogP contribution in [0, 0.1) is 6.92 Å². The summed E-state index contributed by atoms with van der Waals surface area (Å²) in [7, 11) is 0. The van der Waals surface area contributed by atoms with E-state index >= 15 is 0 Å². The number of nitrogens with zero attached hydrogens (tertiary/aromatic N) is 2. The summed E-state index contributed by atoms with van der Waals surface area (Å²) in [5.74, 6) is -0.652. The number of benzene rings is 1. The van der Waals surface area contributed by atoms with Crippen molar-refractivity contribution in [3.8, 4) is 5.69 Å². The minimum absolute atomic E-state index is 0.0148. The molecule has 0 saturated carbocycles. The molecular weight excluding hydrogens is 373 g/mol. The Bertz CT molecular complexity index is 764. The van der Waals surface area contributed by atoms with E-state index in [-0.39, 0.29) is 17.4 Å². The number of aliphatic carboxylic acids is 1. The summed E-state index contributed by atoms with van der Waals surface area (Å²) in [5.41, 5.74) is 1.76. The first-order chi connectivity index (χ1) is 11.4. The van der Waals surface area contributed by atoms with Crippen LogP contribution in [0.1, 0.15) is 16.2 Å². The van der Waals surface area contributed by atoms with Crippen molar-refractivity contribution in [2.75, 3.05) is 18.1 Å². The maximum Gasteiger partial charge on any atom is 0.313 e. The van der Waals surface area contributed by atoms with Gasteiger partial charge in [0.1, 0.15) is 0 Å².